The van der Waals surface area contributed by atoms with Gasteiger partial charge in [0.15, 0.2) is 0 Å². The maximum absolute atomic E-state index is 12.1. The van der Waals surface area contributed by atoms with Gasteiger partial charge in [0.25, 0.3) is 11.8 Å². The average molecular weight is 311 g/mol. The molecule has 6 heteroatoms. The lowest BCUT2D eigenvalue weighted by Gasteiger charge is -2.29. The van der Waals surface area contributed by atoms with Gasteiger partial charge in [0, 0.05) is 10.7 Å². The van der Waals surface area contributed by atoms with E-state index in [1.807, 2.05) is 6.92 Å². The van der Waals surface area contributed by atoms with Crippen molar-refractivity contribution >= 4 is 33.6 Å². The maximum Gasteiger partial charge on any atom is 0.264 e. The number of aromatic nitrogens is 1. The van der Waals surface area contributed by atoms with Crippen LogP contribution in [0.5, 0.6) is 0 Å². The van der Waals surface area contributed by atoms with Crippen LogP contribution in [-0.4, -0.2) is 29.0 Å². The summed E-state index contributed by atoms with van der Waals surface area (Å²) >= 11 is 3.34. The van der Waals surface area contributed by atoms with E-state index in [1.54, 1.807) is 12.3 Å². The van der Waals surface area contributed by atoms with Crippen LogP contribution < -0.4 is 4.90 Å². The van der Waals surface area contributed by atoms with Gasteiger partial charge in [-0.15, -0.1) is 0 Å². The van der Waals surface area contributed by atoms with Crippen molar-refractivity contribution in [1.29, 1.82) is 0 Å². The Morgan fingerprint density at radius 3 is 2.50 bits per heavy atom. The quantitative estimate of drug-likeness (QED) is 0.739. The number of fused-ring (bicyclic) bond motifs is 2. The van der Waals surface area contributed by atoms with E-state index >= 15 is 0 Å². The Balaban J connectivity index is 2.02. The summed E-state index contributed by atoms with van der Waals surface area (Å²) in [5.74, 6) is -0.225. The van der Waals surface area contributed by atoms with Gasteiger partial charge in [0.05, 0.1) is 0 Å². The Morgan fingerprint density at radius 2 is 1.94 bits per heavy atom. The van der Waals surface area contributed by atoms with Crippen LogP contribution in [-0.2, 0) is 14.3 Å². The van der Waals surface area contributed by atoms with Crippen molar-refractivity contribution < 1.29 is 14.3 Å². The van der Waals surface area contributed by atoms with Crippen molar-refractivity contribution in [3.05, 3.63) is 22.3 Å². The van der Waals surface area contributed by atoms with Gasteiger partial charge in [-0.1, -0.05) is 0 Å². The molecule has 0 aliphatic carbocycles. The summed E-state index contributed by atoms with van der Waals surface area (Å²) in [5.41, 5.74) is 0.930. The number of nitrogens with zero attached hydrogens (tertiary/aromatic N) is 2. The van der Waals surface area contributed by atoms with Crippen LogP contribution in [0.3, 0.4) is 0 Å². The van der Waals surface area contributed by atoms with Crippen LogP contribution in [0.1, 0.15) is 18.4 Å². The van der Waals surface area contributed by atoms with Crippen LogP contribution in [0.15, 0.2) is 16.7 Å². The third-order valence-corrected chi connectivity index (χ3v) is 4.10. The molecule has 2 saturated heterocycles. The molecule has 2 fully saturated rings. The van der Waals surface area contributed by atoms with Crippen molar-refractivity contribution in [2.45, 2.75) is 32.0 Å². The Morgan fingerprint density at radius 1 is 1.33 bits per heavy atom. The molecule has 0 aromatic carbocycles. The van der Waals surface area contributed by atoms with Crippen molar-refractivity contribution in [1.82, 2.24) is 4.98 Å². The number of carbonyl (C=O) groups is 2. The zero-order valence-electron chi connectivity index (χ0n) is 9.72. The van der Waals surface area contributed by atoms with E-state index in [9.17, 15) is 9.59 Å². The summed E-state index contributed by atoms with van der Waals surface area (Å²) in [6.07, 6.45) is 1.85. The van der Waals surface area contributed by atoms with E-state index in [0.29, 0.717) is 18.7 Å². The Hall–Kier alpha value is -1.27. The zero-order valence-corrected chi connectivity index (χ0v) is 11.3. The van der Waals surface area contributed by atoms with Crippen LogP contribution in [0.4, 0.5) is 5.82 Å². The molecule has 1 aromatic heterocycles. The highest BCUT2D eigenvalue weighted by Crippen LogP contribution is 2.31. The van der Waals surface area contributed by atoms with Gasteiger partial charge in [-0.25, -0.2) is 9.88 Å². The summed E-state index contributed by atoms with van der Waals surface area (Å²) in [5, 5.41) is 0. The number of morpholine rings is 1. The molecule has 2 aliphatic rings. The van der Waals surface area contributed by atoms with Crippen molar-refractivity contribution in [2.75, 3.05) is 4.90 Å². The lowest BCUT2D eigenvalue weighted by Crippen LogP contribution is -2.52. The molecular weight excluding hydrogens is 300 g/mol. The number of carbonyl (C=O) groups excluding carboxylic acids is 2. The second-order valence-electron chi connectivity index (χ2n) is 4.49. The van der Waals surface area contributed by atoms with Crippen LogP contribution >= 0.6 is 15.9 Å². The SMILES string of the molecule is Cc1cc(N2C(=O)C3CCC(O3)C2=O)ncc1Br. The fourth-order valence-corrected chi connectivity index (χ4v) is 2.49. The van der Waals surface area contributed by atoms with E-state index in [-0.39, 0.29) is 11.8 Å². The van der Waals surface area contributed by atoms with Gasteiger partial charge >= 0.3 is 0 Å². The number of halogens is 1. The molecule has 2 atom stereocenters. The average Bonchev–Trinajstić information content (AvgIpc) is 2.78. The third kappa shape index (κ3) is 1.67. The third-order valence-electron chi connectivity index (χ3n) is 3.27. The molecule has 0 spiro atoms. The highest BCUT2D eigenvalue weighted by atomic mass is 79.9. The van der Waals surface area contributed by atoms with Gasteiger partial charge in [-0.05, 0) is 47.3 Å². The summed E-state index contributed by atoms with van der Waals surface area (Å²) in [4.78, 5) is 29.5. The van der Waals surface area contributed by atoms with Gasteiger partial charge < -0.3 is 4.74 Å². The molecule has 0 radical (unpaired) electrons. The molecule has 1 aromatic rings. The Labute approximate surface area is 112 Å². The van der Waals surface area contributed by atoms with Gasteiger partial charge in [-0.2, -0.15) is 0 Å². The molecule has 18 heavy (non-hydrogen) atoms. The highest BCUT2D eigenvalue weighted by Gasteiger charge is 2.47. The molecule has 2 unspecified atom stereocenters. The summed E-state index contributed by atoms with van der Waals surface area (Å²) in [7, 11) is 0. The molecule has 2 aliphatic heterocycles. The summed E-state index contributed by atoms with van der Waals surface area (Å²) < 4.78 is 6.20. The monoisotopic (exact) mass is 310 g/mol. The normalized spacial score (nSPS) is 26.9. The van der Waals surface area contributed by atoms with Crippen LogP contribution in [0.2, 0.25) is 0 Å². The Kier molecular flexibility index (Phi) is 2.71. The number of pyridine rings is 1. The first-order chi connectivity index (χ1) is 8.58. The minimum Gasteiger partial charge on any atom is -0.355 e. The Bertz CT molecular complexity index is 524. The number of aryl methyl sites for hydroxylation is 1. The zero-order chi connectivity index (χ0) is 12.9. The number of anilines is 1. The second-order valence-corrected chi connectivity index (χ2v) is 5.35. The van der Waals surface area contributed by atoms with E-state index in [2.05, 4.69) is 20.9 Å². The molecule has 2 bridgehead atoms. The van der Waals surface area contributed by atoms with Crippen molar-refractivity contribution in [3.8, 4) is 0 Å². The number of hydrogen-bond acceptors (Lipinski definition) is 4. The van der Waals surface area contributed by atoms with Gasteiger partial charge in [0.2, 0.25) is 0 Å². The van der Waals surface area contributed by atoms with E-state index < -0.39 is 12.2 Å². The van der Waals surface area contributed by atoms with E-state index in [1.165, 1.54) is 0 Å². The van der Waals surface area contributed by atoms with Crippen LogP contribution in [0, 0.1) is 6.92 Å². The molecule has 0 saturated carbocycles. The molecule has 0 N–H and O–H groups in total. The van der Waals surface area contributed by atoms with E-state index in [0.717, 1.165) is 14.9 Å². The topological polar surface area (TPSA) is 59.5 Å². The van der Waals surface area contributed by atoms with Crippen LogP contribution in [0.25, 0.3) is 0 Å². The van der Waals surface area contributed by atoms with Crippen molar-refractivity contribution in [3.63, 3.8) is 0 Å². The first kappa shape index (κ1) is 11.8. The lowest BCUT2D eigenvalue weighted by molar-refractivity contribution is -0.146. The fourth-order valence-electron chi connectivity index (χ4n) is 2.27. The van der Waals surface area contributed by atoms with E-state index in [4.69, 9.17) is 4.74 Å². The molecule has 94 valence electrons. The lowest BCUT2D eigenvalue weighted by atomic mass is 10.2. The smallest absolute Gasteiger partial charge is 0.264 e. The van der Waals surface area contributed by atoms with Gasteiger partial charge in [-0.3, -0.25) is 9.59 Å². The summed E-state index contributed by atoms with van der Waals surface area (Å²) in [6, 6.07) is 1.73. The maximum atomic E-state index is 12.1. The predicted octanol–water partition coefficient (Wildman–Crippen LogP) is 1.57. The fraction of sp³-hybridized carbons (Fsp3) is 0.417. The molecule has 3 rings (SSSR count). The number of ether oxygens (including phenoxy) is 1. The second kappa shape index (κ2) is 4.13. The predicted molar refractivity (Wildman–Crippen MR) is 67.1 cm³/mol. The molecule has 5 nitrogen and oxygen atoms in total. The number of amides is 2. The largest absolute Gasteiger partial charge is 0.355 e. The first-order valence-electron chi connectivity index (χ1n) is 5.73. The first-order valence-corrected chi connectivity index (χ1v) is 6.52. The molecule has 2 amide bonds. The molecular formula is C12H11BrN2O3. The van der Waals surface area contributed by atoms with Crippen molar-refractivity contribution in [2.24, 2.45) is 0 Å². The summed E-state index contributed by atoms with van der Waals surface area (Å²) in [6.45, 7) is 1.89. The molecule has 3 heterocycles. The number of imide groups is 1. The minimum absolute atomic E-state index is 0.303. The van der Waals surface area contributed by atoms with Gasteiger partial charge in [0.1, 0.15) is 18.0 Å². The highest BCUT2D eigenvalue weighted by molar-refractivity contribution is 9.10. The number of rotatable bonds is 1. The number of hydrogen-bond donors (Lipinski definition) is 0. The minimum atomic E-state index is -0.488. The standard InChI is InChI=1S/C12H11BrN2O3/c1-6-4-10(14-5-7(6)13)15-11(16)8-2-3-9(18-8)12(15)17/h4-5,8-9H,2-3H2,1H3.